The summed E-state index contributed by atoms with van der Waals surface area (Å²) in [4.78, 5) is 34.7. The average molecular weight is 412 g/mol. The van der Waals surface area contributed by atoms with Crippen molar-refractivity contribution in [3.63, 3.8) is 0 Å². The van der Waals surface area contributed by atoms with Crippen LogP contribution in [0.1, 0.15) is 0 Å². The highest BCUT2D eigenvalue weighted by atomic mass is 32.1. The molecule has 0 bridgehead atoms. The van der Waals surface area contributed by atoms with Crippen LogP contribution in [0.5, 0.6) is 0 Å². The van der Waals surface area contributed by atoms with Crippen molar-refractivity contribution in [2.24, 2.45) is 0 Å². The van der Waals surface area contributed by atoms with Gasteiger partial charge in [0.25, 0.3) is 5.56 Å². The number of pyridine rings is 1. The zero-order valence-corrected chi connectivity index (χ0v) is 16.6. The van der Waals surface area contributed by atoms with Gasteiger partial charge in [-0.1, -0.05) is 42.5 Å². The number of nitrogens with one attached hydrogen (secondary N) is 1. The van der Waals surface area contributed by atoms with E-state index in [1.54, 1.807) is 24.4 Å². The number of amides is 1. The van der Waals surface area contributed by atoms with Crippen molar-refractivity contribution in [3.8, 4) is 11.1 Å². The first-order chi connectivity index (χ1) is 14.7. The SMILES string of the molecule is O=C(Cn1cnc2scc(-c3ccc4ccccc4c3)c2c1=O)Nc1ccccn1. The summed E-state index contributed by atoms with van der Waals surface area (Å²) < 4.78 is 1.33. The van der Waals surface area contributed by atoms with Gasteiger partial charge in [0.1, 0.15) is 17.2 Å². The summed E-state index contributed by atoms with van der Waals surface area (Å²) in [5.41, 5.74) is 1.55. The highest BCUT2D eigenvalue weighted by Gasteiger charge is 2.15. The van der Waals surface area contributed by atoms with Gasteiger partial charge in [-0.2, -0.15) is 0 Å². The third-order valence-electron chi connectivity index (χ3n) is 4.87. The van der Waals surface area contributed by atoms with Crippen LogP contribution in [0.25, 0.3) is 32.1 Å². The molecule has 5 aromatic rings. The number of anilines is 1. The number of fused-ring (bicyclic) bond motifs is 2. The van der Waals surface area contributed by atoms with E-state index >= 15 is 0 Å². The number of carbonyl (C=O) groups excluding carboxylic acids is 1. The molecule has 0 spiro atoms. The van der Waals surface area contributed by atoms with Gasteiger partial charge in [-0.3, -0.25) is 14.2 Å². The first kappa shape index (κ1) is 18.2. The molecule has 0 aliphatic rings. The Balaban J connectivity index is 1.52. The number of nitrogens with zero attached hydrogens (tertiary/aromatic N) is 3. The lowest BCUT2D eigenvalue weighted by atomic mass is 10.0. The Morgan fingerprint density at radius 1 is 1.00 bits per heavy atom. The molecule has 0 aliphatic carbocycles. The molecule has 7 heteroatoms. The summed E-state index contributed by atoms with van der Waals surface area (Å²) in [6.45, 7) is -0.134. The van der Waals surface area contributed by atoms with E-state index in [1.807, 2.05) is 35.7 Å². The van der Waals surface area contributed by atoms with Crippen molar-refractivity contribution >= 4 is 44.1 Å². The second-order valence-corrected chi connectivity index (χ2v) is 7.69. The molecule has 5 rings (SSSR count). The lowest BCUT2D eigenvalue weighted by Crippen LogP contribution is -2.28. The molecule has 30 heavy (non-hydrogen) atoms. The largest absolute Gasteiger partial charge is 0.309 e. The number of hydrogen-bond acceptors (Lipinski definition) is 5. The highest BCUT2D eigenvalue weighted by Crippen LogP contribution is 2.32. The molecule has 1 N–H and O–H groups in total. The van der Waals surface area contributed by atoms with Crippen LogP contribution < -0.4 is 10.9 Å². The van der Waals surface area contributed by atoms with Crippen LogP contribution in [0, 0.1) is 0 Å². The molecule has 0 saturated heterocycles. The van der Waals surface area contributed by atoms with Crippen molar-refractivity contribution in [1.29, 1.82) is 0 Å². The maximum atomic E-state index is 13.2. The Bertz CT molecular complexity index is 1440. The summed E-state index contributed by atoms with van der Waals surface area (Å²) in [5, 5.41) is 7.41. The third kappa shape index (κ3) is 3.35. The molecule has 0 radical (unpaired) electrons. The predicted octanol–water partition coefficient (Wildman–Crippen LogP) is 4.31. The summed E-state index contributed by atoms with van der Waals surface area (Å²) in [5.74, 6) is 0.108. The molecular weight excluding hydrogens is 396 g/mol. The van der Waals surface area contributed by atoms with Crippen molar-refractivity contribution in [2.75, 3.05) is 5.32 Å². The molecule has 6 nitrogen and oxygen atoms in total. The second-order valence-electron chi connectivity index (χ2n) is 6.83. The van der Waals surface area contributed by atoms with E-state index in [0.29, 0.717) is 16.0 Å². The quantitative estimate of drug-likeness (QED) is 0.477. The minimum atomic E-state index is -0.334. The maximum absolute atomic E-state index is 13.2. The lowest BCUT2D eigenvalue weighted by molar-refractivity contribution is -0.116. The molecule has 2 aromatic carbocycles. The van der Waals surface area contributed by atoms with Crippen LogP contribution in [0.4, 0.5) is 5.82 Å². The summed E-state index contributed by atoms with van der Waals surface area (Å²) in [7, 11) is 0. The molecule has 0 saturated carbocycles. The van der Waals surface area contributed by atoms with Gasteiger partial charge in [0.05, 0.1) is 11.7 Å². The fourth-order valence-electron chi connectivity index (χ4n) is 3.42. The first-order valence-electron chi connectivity index (χ1n) is 9.36. The fraction of sp³-hybridized carbons (Fsp3) is 0.0435. The number of carbonyl (C=O) groups is 1. The van der Waals surface area contributed by atoms with E-state index in [1.165, 1.54) is 22.2 Å². The van der Waals surface area contributed by atoms with Gasteiger partial charge in [-0.25, -0.2) is 9.97 Å². The Kier molecular flexibility index (Phi) is 4.57. The Hall–Kier alpha value is -3.84. The molecular formula is C23H16N4O2S. The van der Waals surface area contributed by atoms with Gasteiger partial charge >= 0.3 is 0 Å². The monoisotopic (exact) mass is 412 g/mol. The van der Waals surface area contributed by atoms with Gasteiger partial charge in [0.2, 0.25) is 5.91 Å². The van der Waals surface area contributed by atoms with Gasteiger partial charge in [0.15, 0.2) is 0 Å². The molecule has 0 unspecified atom stereocenters. The topological polar surface area (TPSA) is 76.9 Å². The molecule has 0 fully saturated rings. The van der Waals surface area contributed by atoms with Crippen LogP contribution in [-0.4, -0.2) is 20.4 Å². The molecule has 146 valence electrons. The number of benzene rings is 2. The smallest absolute Gasteiger partial charge is 0.263 e. The van der Waals surface area contributed by atoms with E-state index in [4.69, 9.17) is 0 Å². The number of rotatable bonds is 4. The molecule has 0 atom stereocenters. The first-order valence-corrected chi connectivity index (χ1v) is 10.2. The van der Waals surface area contributed by atoms with Crippen molar-refractivity contribution in [2.45, 2.75) is 6.54 Å². The zero-order valence-electron chi connectivity index (χ0n) is 15.8. The molecule has 1 amide bonds. The van der Waals surface area contributed by atoms with E-state index in [-0.39, 0.29) is 18.0 Å². The minimum Gasteiger partial charge on any atom is -0.309 e. The van der Waals surface area contributed by atoms with Crippen LogP contribution >= 0.6 is 11.3 Å². The van der Waals surface area contributed by atoms with Crippen LogP contribution in [0.3, 0.4) is 0 Å². The van der Waals surface area contributed by atoms with Crippen LogP contribution in [-0.2, 0) is 11.3 Å². The van der Waals surface area contributed by atoms with Crippen molar-refractivity contribution in [3.05, 3.63) is 88.9 Å². The highest BCUT2D eigenvalue weighted by molar-refractivity contribution is 7.17. The van der Waals surface area contributed by atoms with E-state index < -0.39 is 0 Å². The Morgan fingerprint density at radius 3 is 2.67 bits per heavy atom. The number of aromatic nitrogens is 3. The van der Waals surface area contributed by atoms with Crippen molar-refractivity contribution in [1.82, 2.24) is 14.5 Å². The van der Waals surface area contributed by atoms with Gasteiger partial charge in [-0.05, 0) is 34.5 Å². The van der Waals surface area contributed by atoms with Gasteiger partial charge < -0.3 is 5.32 Å². The van der Waals surface area contributed by atoms with Crippen LogP contribution in [0.2, 0.25) is 0 Å². The Morgan fingerprint density at radius 2 is 1.83 bits per heavy atom. The van der Waals surface area contributed by atoms with Crippen LogP contribution in [0.15, 0.2) is 83.4 Å². The summed E-state index contributed by atoms with van der Waals surface area (Å²) in [6.07, 6.45) is 3.01. The zero-order chi connectivity index (χ0) is 20.5. The van der Waals surface area contributed by atoms with Gasteiger partial charge in [0, 0.05) is 17.1 Å². The maximum Gasteiger partial charge on any atom is 0.263 e. The number of thiophene rings is 1. The van der Waals surface area contributed by atoms with E-state index in [9.17, 15) is 9.59 Å². The van der Waals surface area contributed by atoms with E-state index in [0.717, 1.165) is 21.9 Å². The Labute approximate surface area is 175 Å². The minimum absolute atomic E-state index is 0.134. The fourth-order valence-corrected chi connectivity index (χ4v) is 4.33. The lowest BCUT2D eigenvalue weighted by Gasteiger charge is -2.07. The van der Waals surface area contributed by atoms with Gasteiger partial charge in [-0.15, -0.1) is 11.3 Å². The average Bonchev–Trinajstić information content (AvgIpc) is 3.21. The second kappa shape index (κ2) is 7.53. The van der Waals surface area contributed by atoms with E-state index in [2.05, 4.69) is 27.4 Å². The summed E-state index contributed by atoms with van der Waals surface area (Å²) in [6, 6.07) is 19.5. The normalized spacial score (nSPS) is 11.1. The molecule has 0 aliphatic heterocycles. The standard InChI is InChI=1S/C23H16N4O2S/c28-20(26-19-7-3-4-10-24-19)12-27-14-25-22-21(23(27)29)18(13-30-22)17-9-8-15-5-1-2-6-16(15)11-17/h1-11,13-14H,12H2,(H,24,26,28). The summed E-state index contributed by atoms with van der Waals surface area (Å²) >= 11 is 1.42. The molecule has 3 heterocycles. The van der Waals surface area contributed by atoms with Crippen molar-refractivity contribution < 1.29 is 4.79 Å². The number of hydrogen-bond donors (Lipinski definition) is 1. The predicted molar refractivity (Wildman–Crippen MR) is 120 cm³/mol. The molecule has 3 aromatic heterocycles. The third-order valence-corrected chi connectivity index (χ3v) is 5.75.